The van der Waals surface area contributed by atoms with Gasteiger partial charge in [0.1, 0.15) is 0 Å². The number of likely N-dealkylation sites (tertiary alicyclic amines) is 1. The van der Waals surface area contributed by atoms with Gasteiger partial charge < -0.3 is 15.5 Å². The van der Waals surface area contributed by atoms with E-state index in [1.165, 1.54) is 0 Å². The average molecular weight is 295 g/mol. The van der Waals surface area contributed by atoms with Crippen LogP contribution in [0.5, 0.6) is 0 Å². The van der Waals surface area contributed by atoms with Crippen molar-refractivity contribution in [1.29, 1.82) is 0 Å². The fourth-order valence-electron chi connectivity index (χ4n) is 3.27. The van der Waals surface area contributed by atoms with Crippen LogP contribution in [0.15, 0.2) is 0 Å². The standard InChI is InChI=1S/C16H29N3O2/c1-3-5-15(20)19-9-4-6-13(11-19)16(21)18-14-10-17-8-7-12(14)2/h12-14,17H,3-11H2,1-2H3,(H,18,21). The number of carbonyl (C=O) groups excluding carboxylic acids is 2. The van der Waals surface area contributed by atoms with Crippen LogP contribution in [0.1, 0.15) is 46.0 Å². The van der Waals surface area contributed by atoms with E-state index < -0.39 is 0 Å². The Hall–Kier alpha value is -1.10. The maximum Gasteiger partial charge on any atom is 0.225 e. The second kappa shape index (κ2) is 7.78. The molecule has 2 aliphatic heterocycles. The van der Waals surface area contributed by atoms with E-state index in [1.807, 2.05) is 11.8 Å². The molecule has 2 aliphatic rings. The number of piperidine rings is 2. The van der Waals surface area contributed by atoms with Gasteiger partial charge in [0, 0.05) is 32.1 Å². The summed E-state index contributed by atoms with van der Waals surface area (Å²) in [6.07, 6.45) is 4.41. The van der Waals surface area contributed by atoms with Gasteiger partial charge in [-0.1, -0.05) is 13.8 Å². The summed E-state index contributed by atoms with van der Waals surface area (Å²) in [4.78, 5) is 26.3. The Balaban J connectivity index is 1.85. The normalized spacial score (nSPS) is 30.0. The molecule has 0 aromatic heterocycles. The quantitative estimate of drug-likeness (QED) is 0.817. The summed E-state index contributed by atoms with van der Waals surface area (Å²) in [5.74, 6) is 0.817. The van der Waals surface area contributed by atoms with Crippen molar-refractivity contribution in [2.24, 2.45) is 11.8 Å². The minimum absolute atomic E-state index is 0.0336. The van der Waals surface area contributed by atoms with Gasteiger partial charge in [-0.25, -0.2) is 0 Å². The molecule has 2 fully saturated rings. The van der Waals surface area contributed by atoms with Crippen molar-refractivity contribution < 1.29 is 9.59 Å². The van der Waals surface area contributed by atoms with Crippen LogP contribution in [-0.4, -0.2) is 48.9 Å². The molecule has 0 saturated carbocycles. The van der Waals surface area contributed by atoms with E-state index in [9.17, 15) is 9.59 Å². The Morgan fingerprint density at radius 2 is 2.14 bits per heavy atom. The zero-order valence-corrected chi connectivity index (χ0v) is 13.4. The summed E-state index contributed by atoms with van der Waals surface area (Å²) in [6.45, 7) is 7.52. The molecule has 2 amide bonds. The molecule has 0 aromatic carbocycles. The van der Waals surface area contributed by atoms with Crippen molar-refractivity contribution in [2.75, 3.05) is 26.2 Å². The number of nitrogens with zero attached hydrogens (tertiary/aromatic N) is 1. The third kappa shape index (κ3) is 4.43. The number of rotatable bonds is 4. The molecule has 120 valence electrons. The summed E-state index contributed by atoms with van der Waals surface area (Å²) in [7, 11) is 0. The van der Waals surface area contributed by atoms with Crippen LogP contribution < -0.4 is 10.6 Å². The predicted octanol–water partition coefficient (Wildman–Crippen LogP) is 1.14. The zero-order chi connectivity index (χ0) is 15.2. The van der Waals surface area contributed by atoms with E-state index >= 15 is 0 Å². The number of hydrogen-bond acceptors (Lipinski definition) is 3. The van der Waals surface area contributed by atoms with Crippen molar-refractivity contribution in [3.05, 3.63) is 0 Å². The Bertz CT molecular complexity index is 373. The lowest BCUT2D eigenvalue weighted by Crippen LogP contribution is -2.53. The Kier molecular flexibility index (Phi) is 6.03. The molecule has 3 unspecified atom stereocenters. The highest BCUT2D eigenvalue weighted by Crippen LogP contribution is 2.19. The lowest BCUT2D eigenvalue weighted by molar-refractivity contribution is -0.136. The van der Waals surface area contributed by atoms with E-state index in [0.717, 1.165) is 45.3 Å². The van der Waals surface area contributed by atoms with Crippen LogP contribution in [0.25, 0.3) is 0 Å². The molecule has 2 heterocycles. The molecular weight excluding hydrogens is 266 g/mol. The first-order valence-electron chi connectivity index (χ1n) is 8.40. The third-order valence-corrected chi connectivity index (χ3v) is 4.76. The third-order valence-electron chi connectivity index (χ3n) is 4.76. The fourth-order valence-corrected chi connectivity index (χ4v) is 3.27. The molecule has 0 aromatic rings. The summed E-state index contributed by atoms with van der Waals surface area (Å²) < 4.78 is 0. The van der Waals surface area contributed by atoms with Crippen molar-refractivity contribution in [1.82, 2.24) is 15.5 Å². The lowest BCUT2D eigenvalue weighted by Gasteiger charge is -2.35. The van der Waals surface area contributed by atoms with Crippen molar-refractivity contribution in [2.45, 2.75) is 52.0 Å². The van der Waals surface area contributed by atoms with Gasteiger partial charge in [0.25, 0.3) is 0 Å². The number of carbonyl (C=O) groups is 2. The summed E-state index contributed by atoms with van der Waals surface area (Å²) in [5.41, 5.74) is 0. The molecule has 2 N–H and O–H groups in total. The van der Waals surface area contributed by atoms with Gasteiger partial charge >= 0.3 is 0 Å². The highest BCUT2D eigenvalue weighted by atomic mass is 16.2. The Morgan fingerprint density at radius 3 is 2.86 bits per heavy atom. The highest BCUT2D eigenvalue weighted by molar-refractivity contribution is 5.81. The molecule has 2 saturated heterocycles. The molecule has 0 bridgehead atoms. The monoisotopic (exact) mass is 295 g/mol. The minimum atomic E-state index is -0.0336. The van der Waals surface area contributed by atoms with Crippen molar-refractivity contribution in [3.8, 4) is 0 Å². The Labute approximate surface area is 127 Å². The molecule has 5 heteroatoms. The number of amides is 2. The SMILES string of the molecule is CCCC(=O)N1CCCC(C(=O)NC2CNCCC2C)C1. The fraction of sp³-hybridized carbons (Fsp3) is 0.875. The van der Waals surface area contributed by atoms with Crippen LogP contribution in [0.3, 0.4) is 0 Å². The van der Waals surface area contributed by atoms with Crippen molar-refractivity contribution in [3.63, 3.8) is 0 Å². The van der Waals surface area contributed by atoms with Gasteiger partial charge in [-0.3, -0.25) is 9.59 Å². The summed E-state index contributed by atoms with van der Waals surface area (Å²) in [5, 5.41) is 6.53. The van der Waals surface area contributed by atoms with Gasteiger partial charge in [-0.2, -0.15) is 0 Å². The molecule has 5 nitrogen and oxygen atoms in total. The second-order valence-electron chi connectivity index (χ2n) is 6.51. The summed E-state index contributed by atoms with van der Waals surface area (Å²) in [6, 6.07) is 0.230. The second-order valence-corrected chi connectivity index (χ2v) is 6.51. The maximum atomic E-state index is 12.5. The topological polar surface area (TPSA) is 61.4 Å². The summed E-state index contributed by atoms with van der Waals surface area (Å²) >= 11 is 0. The van der Waals surface area contributed by atoms with Crippen LogP contribution in [-0.2, 0) is 9.59 Å². The highest BCUT2D eigenvalue weighted by Gasteiger charge is 2.30. The lowest BCUT2D eigenvalue weighted by atomic mass is 9.92. The van der Waals surface area contributed by atoms with E-state index in [-0.39, 0.29) is 23.8 Å². The minimum Gasteiger partial charge on any atom is -0.352 e. The molecule has 21 heavy (non-hydrogen) atoms. The van der Waals surface area contributed by atoms with Gasteiger partial charge in [0.15, 0.2) is 0 Å². The van der Waals surface area contributed by atoms with Crippen LogP contribution in [0.2, 0.25) is 0 Å². The van der Waals surface area contributed by atoms with Crippen LogP contribution in [0.4, 0.5) is 0 Å². The first-order chi connectivity index (χ1) is 10.1. The van der Waals surface area contributed by atoms with Crippen LogP contribution >= 0.6 is 0 Å². The van der Waals surface area contributed by atoms with E-state index in [1.54, 1.807) is 0 Å². The van der Waals surface area contributed by atoms with Crippen LogP contribution in [0, 0.1) is 11.8 Å². The van der Waals surface area contributed by atoms with Gasteiger partial charge in [-0.05, 0) is 38.1 Å². The molecule has 0 aliphatic carbocycles. The number of hydrogen-bond donors (Lipinski definition) is 2. The molecule has 0 spiro atoms. The van der Waals surface area contributed by atoms with Gasteiger partial charge in [0.05, 0.1) is 5.92 Å². The smallest absolute Gasteiger partial charge is 0.225 e. The van der Waals surface area contributed by atoms with E-state index in [2.05, 4.69) is 17.6 Å². The maximum absolute atomic E-state index is 12.5. The molecule has 2 rings (SSSR count). The molecule has 0 radical (unpaired) electrons. The van der Waals surface area contributed by atoms with E-state index in [0.29, 0.717) is 18.9 Å². The molecule has 3 atom stereocenters. The predicted molar refractivity (Wildman–Crippen MR) is 82.8 cm³/mol. The number of nitrogens with one attached hydrogen (secondary N) is 2. The van der Waals surface area contributed by atoms with Gasteiger partial charge in [0.2, 0.25) is 11.8 Å². The first kappa shape index (κ1) is 16.3. The van der Waals surface area contributed by atoms with Crippen molar-refractivity contribution >= 4 is 11.8 Å². The van der Waals surface area contributed by atoms with E-state index in [4.69, 9.17) is 0 Å². The Morgan fingerprint density at radius 1 is 1.33 bits per heavy atom. The molecular formula is C16H29N3O2. The first-order valence-corrected chi connectivity index (χ1v) is 8.40. The zero-order valence-electron chi connectivity index (χ0n) is 13.4. The van der Waals surface area contributed by atoms with Gasteiger partial charge in [-0.15, -0.1) is 0 Å². The average Bonchev–Trinajstić information content (AvgIpc) is 2.50. The largest absolute Gasteiger partial charge is 0.352 e.